The third kappa shape index (κ3) is 3.59. The van der Waals surface area contributed by atoms with Crippen LogP contribution in [0, 0.1) is 34.5 Å². The van der Waals surface area contributed by atoms with Crippen LogP contribution in [0.25, 0.3) is 0 Å². The first kappa shape index (κ1) is 23.2. The second kappa shape index (κ2) is 8.58. The SMILES string of the molecule is CCCCCCCC[C@H]1CCC2C3C[C@@H]4O[C@@]45C[C@@H](OC(C)=O)CC[C@]5(C)C3CC[C@@]21C. The molecule has 4 saturated carbocycles. The van der Waals surface area contributed by atoms with Gasteiger partial charge in [-0.05, 0) is 80.5 Å². The van der Waals surface area contributed by atoms with Gasteiger partial charge in [0.1, 0.15) is 11.7 Å². The third-order valence-electron chi connectivity index (χ3n) is 11.5. The van der Waals surface area contributed by atoms with E-state index in [0.717, 1.165) is 36.5 Å². The van der Waals surface area contributed by atoms with Crippen molar-refractivity contribution in [1.82, 2.24) is 0 Å². The number of hydrogen-bond donors (Lipinski definition) is 0. The second-order valence-corrected chi connectivity index (χ2v) is 12.9. The third-order valence-corrected chi connectivity index (χ3v) is 11.5. The Morgan fingerprint density at radius 3 is 2.53 bits per heavy atom. The molecule has 9 atom stereocenters. The van der Waals surface area contributed by atoms with E-state index in [9.17, 15) is 4.79 Å². The molecule has 5 aliphatic rings. The molecule has 0 radical (unpaired) electrons. The fraction of sp³-hybridized carbons (Fsp3) is 0.966. The zero-order valence-corrected chi connectivity index (χ0v) is 21.3. The highest BCUT2D eigenvalue weighted by Gasteiger charge is 2.76. The van der Waals surface area contributed by atoms with Crippen LogP contribution in [0.1, 0.15) is 124 Å². The molecule has 0 aromatic rings. The van der Waals surface area contributed by atoms with Crippen molar-refractivity contribution in [2.75, 3.05) is 0 Å². The normalized spacial score (nSPS) is 48.9. The van der Waals surface area contributed by atoms with Crippen molar-refractivity contribution in [3.63, 3.8) is 0 Å². The first-order valence-corrected chi connectivity index (χ1v) is 14.2. The summed E-state index contributed by atoms with van der Waals surface area (Å²) in [5, 5.41) is 0. The number of carbonyl (C=O) groups is 1. The number of esters is 1. The van der Waals surface area contributed by atoms with E-state index in [-0.39, 0.29) is 23.1 Å². The highest BCUT2D eigenvalue weighted by atomic mass is 16.6. The van der Waals surface area contributed by atoms with Gasteiger partial charge in [0.15, 0.2) is 0 Å². The van der Waals surface area contributed by atoms with Crippen LogP contribution in [-0.4, -0.2) is 23.8 Å². The average molecular weight is 445 g/mol. The van der Waals surface area contributed by atoms with Crippen LogP contribution in [0.3, 0.4) is 0 Å². The summed E-state index contributed by atoms with van der Waals surface area (Å²) in [5.74, 6) is 3.41. The molecule has 0 N–H and O–H groups in total. The van der Waals surface area contributed by atoms with E-state index >= 15 is 0 Å². The lowest BCUT2D eigenvalue weighted by atomic mass is 9.44. The van der Waals surface area contributed by atoms with Crippen LogP contribution in [0.4, 0.5) is 0 Å². The second-order valence-electron chi connectivity index (χ2n) is 12.9. The quantitative estimate of drug-likeness (QED) is 0.221. The first-order chi connectivity index (χ1) is 15.3. The molecule has 1 aliphatic heterocycles. The van der Waals surface area contributed by atoms with E-state index in [2.05, 4.69) is 20.8 Å². The van der Waals surface area contributed by atoms with Gasteiger partial charge in [-0.3, -0.25) is 4.79 Å². The number of ether oxygens (including phenoxy) is 2. The van der Waals surface area contributed by atoms with Gasteiger partial charge in [-0.2, -0.15) is 0 Å². The molecular formula is C29H48O3. The summed E-state index contributed by atoms with van der Waals surface area (Å²) < 4.78 is 12.3. The van der Waals surface area contributed by atoms with Crippen molar-refractivity contribution in [2.45, 2.75) is 142 Å². The maximum absolute atomic E-state index is 11.6. The number of rotatable bonds is 8. The van der Waals surface area contributed by atoms with Crippen LogP contribution < -0.4 is 0 Å². The van der Waals surface area contributed by atoms with Crippen molar-refractivity contribution < 1.29 is 14.3 Å². The molecule has 5 rings (SSSR count). The number of epoxide rings is 1. The van der Waals surface area contributed by atoms with Gasteiger partial charge in [-0.1, -0.05) is 59.3 Å². The highest BCUT2D eigenvalue weighted by Crippen LogP contribution is 2.74. The Morgan fingerprint density at radius 1 is 0.969 bits per heavy atom. The van der Waals surface area contributed by atoms with Crippen LogP contribution >= 0.6 is 0 Å². The van der Waals surface area contributed by atoms with Gasteiger partial charge in [-0.15, -0.1) is 0 Å². The topological polar surface area (TPSA) is 38.8 Å². The molecule has 4 aliphatic carbocycles. The van der Waals surface area contributed by atoms with Gasteiger partial charge in [0.05, 0.1) is 6.10 Å². The molecule has 0 aromatic carbocycles. The van der Waals surface area contributed by atoms with Crippen molar-refractivity contribution in [3.8, 4) is 0 Å². The minimum atomic E-state index is -0.128. The van der Waals surface area contributed by atoms with E-state index < -0.39 is 0 Å². The highest BCUT2D eigenvalue weighted by molar-refractivity contribution is 5.66. The van der Waals surface area contributed by atoms with E-state index in [1.807, 2.05) is 0 Å². The summed E-state index contributed by atoms with van der Waals surface area (Å²) in [4.78, 5) is 11.6. The van der Waals surface area contributed by atoms with Crippen molar-refractivity contribution in [3.05, 3.63) is 0 Å². The van der Waals surface area contributed by atoms with Gasteiger partial charge in [0.25, 0.3) is 0 Å². The molecule has 182 valence electrons. The predicted molar refractivity (Wildman–Crippen MR) is 128 cm³/mol. The molecule has 32 heavy (non-hydrogen) atoms. The van der Waals surface area contributed by atoms with Gasteiger partial charge in [0, 0.05) is 18.8 Å². The Balaban J connectivity index is 1.24. The Hall–Kier alpha value is -0.570. The van der Waals surface area contributed by atoms with Crippen LogP contribution in [0.2, 0.25) is 0 Å². The van der Waals surface area contributed by atoms with Crippen molar-refractivity contribution >= 4 is 5.97 Å². The minimum absolute atomic E-state index is 0.0107. The van der Waals surface area contributed by atoms with Crippen LogP contribution in [0.15, 0.2) is 0 Å². The smallest absolute Gasteiger partial charge is 0.302 e. The first-order valence-electron chi connectivity index (χ1n) is 14.2. The Morgan fingerprint density at radius 2 is 1.75 bits per heavy atom. The van der Waals surface area contributed by atoms with Crippen LogP contribution in [-0.2, 0) is 14.3 Å². The predicted octanol–water partition coefficient (Wildman–Crippen LogP) is 7.46. The molecular weight excluding hydrogens is 396 g/mol. The number of hydrogen-bond acceptors (Lipinski definition) is 3. The lowest BCUT2D eigenvalue weighted by Gasteiger charge is -2.59. The van der Waals surface area contributed by atoms with Crippen molar-refractivity contribution in [2.24, 2.45) is 34.5 Å². The monoisotopic (exact) mass is 444 g/mol. The zero-order valence-electron chi connectivity index (χ0n) is 21.3. The average Bonchev–Trinajstić information content (AvgIpc) is 3.34. The lowest BCUT2D eigenvalue weighted by Crippen LogP contribution is -2.58. The van der Waals surface area contributed by atoms with E-state index in [4.69, 9.17) is 9.47 Å². The zero-order chi connectivity index (χ0) is 22.6. The number of fused-ring (bicyclic) bond motifs is 4. The molecule has 1 saturated heterocycles. The van der Waals surface area contributed by atoms with E-state index in [1.54, 1.807) is 6.92 Å². The molecule has 0 aromatic heterocycles. The minimum Gasteiger partial charge on any atom is -0.462 e. The largest absolute Gasteiger partial charge is 0.462 e. The summed E-state index contributed by atoms with van der Waals surface area (Å²) in [5.41, 5.74) is 0.872. The maximum Gasteiger partial charge on any atom is 0.302 e. The molecule has 0 bridgehead atoms. The number of unbranched alkanes of at least 4 members (excludes halogenated alkanes) is 5. The standard InChI is InChI=1S/C29H48O3/c1-5-6-7-8-9-10-11-21-12-13-24-23-18-26-29(32-26)19-22(31-20(2)30)14-17-28(29,4)25(23)15-16-27(21,24)3/h21-26H,5-19H2,1-4H3/t21-,22-,23?,24?,25?,26-,27+,28+,29-/m0/s1. The summed E-state index contributed by atoms with van der Waals surface area (Å²) in [6, 6.07) is 0. The fourth-order valence-electron chi connectivity index (χ4n) is 9.73. The maximum atomic E-state index is 11.6. The Labute approximate surface area is 196 Å². The summed E-state index contributed by atoms with van der Waals surface area (Å²) in [6.45, 7) is 9.10. The summed E-state index contributed by atoms with van der Waals surface area (Å²) in [7, 11) is 0. The van der Waals surface area contributed by atoms with Gasteiger partial charge in [0.2, 0.25) is 0 Å². The molecule has 1 heterocycles. The van der Waals surface area contributed by atoms with Crippen LogP contribution in [0.5, 0.6) is 0 Å². The van der Waals surface area contributed by atoms with Crippen molar-refractivity contribution in [1.29, 1.82) is 0 Å². The lowest BCUT2D eigenvalue weighted by molar-refractivity contribution is -0.157. The summed E-state index contributed by atoms with van der Waals surface area (Å²) in [6.07, 6.45) is 20.7. The van der Waals surface area contributed by atoms with Gasteiger partial charge < -0.3 is 9.47 Å². The van der Waals surface area contributed by atoms with E-state index in [0.29, 0.717) is 11.5 Å². The fourth-order valence-corrected chi connectivity index (χ4v) is 9.73. The molecule has 3 unspecified atom stereocenters. The molecule has 0 amide bonds. The Kier molecular flexibility index (Phi) is 6.22. The molecule has 1 spiro atoms. The Bertz CT molecular complexity index is 705. The number of carbonyl (C=O) groups excluding carboxylic acids is 1. The van der Waals surface area contributed by atoms with Gasteiger partial charge in [-0.25, -0.2) is 0 Å². The summed E-state index contributed by atoms with van der Waals surface area (Å²) >= 11 is 0. The molecule has 3 heteroatoms. The van der Waals surface area contributed by atoms with E-state index in [1.165, 1.54) is 83.5 Å². The molecule has 5 fully saturated rings. The van der Waals surface area contributed by atoms with Gasteiger partial charge >= 0.3 is 5.97 Å². The molecule has 3 nitrogen and oxygen atoms in total.